The maximum Gasteiger partial charge on any atom is 0.149 e. The second-order valence-corrected chi connectivity index (χ2v) is 5.53. The minimum atomic E-state index is -1.28. The number of aliphatic hydroxyl groups is 1. The Kier molecular flexibility index (Phi) is 3.57. The van der Waals surface area contributed by atoms with Gasteiger partial charge in [-0.2, -0.15) is 0 Å². The van der Waals surface area contributed by atoms with Crippen molar-refractivity contribution in [1.82, 2.24) is 0 Å². The van der Waals surface area contributed by atoms with E-state index in [1.54, 1.807) is 6.07 Å². The van der Waals surface area contributed by atoms with Crippen molar-refractivity contribution in [3.63, 3.8) is 0 Å². The fourth-order valence-electron chi connectivity index (χ4n) is 2.10. The molecule has 1 aliphatic rings. The normalized spacial score (nSPS) is 19.4. The van der Waals surface area contributed by atoms with Crippen molar-refractivity contribution in [3.8, 4) is 0 Å². The molecule has 2 rings (SSSR count). The van der Waals surface area contributed by atoms with Crippen LogP contribution in [0.3, 0.4) is 0 Å². The maximum absolute atomic E-state index is 14.0. The first kappa shape index (κ1) is 13.0. The van der Waals surface area contributed by atoms with Crippen LogP contribution in [0.4, 0.5) is 4.39 Å². The number of ketones is 1. The van der Waals surface area contributed by atoms with Crippen LogP contribution in [0.25, 0.3) is 0 Å². The molecule has 92 valence electrons. The first-order valence-electron chi connectivity index (χ1n) is 5.32. The molecule has 0 unspecified atom stereocenters. The molecule has 0 atom stereocenters. The quantitative estimate of drug-likeness (QED) is 0.803. The Morgan fingerprint density at radius 1 is 1.35 bits per heavy atom. The van der Waals surface area contributed by atoms with Crippen LogP contribution in [0.1, 0.15) is 31.2 Å². The SMILES string of the molecule is O=C1CCC(O)(c2ccc(Br)c(Cl)c2F)CC1. The van der Waals surface area contributed by atoms with E-state index in [9.17, 15) is 14.3 Å². The van der Waals surface area contributed by atoms with Crippen LogP contribution >= 0.6 is 27.5 Å². The van der Waals surface area contributed by atoms with Gasteiger partial charge in [-0.15, -0.1) is 0 Å². The third-order valence-electron chi connectivity index (χ3n) is 3.17. The van der Waals surface area contributed by atoms with E-state index in [0.29, 0.717) is 4.47 Å². The Hall–Kier alpha value is -0.450. The van der Waals surface area contributed by atoms with E-state index in [1.165, 1.54) is 6.07 Å². The lowest BCUT2D eigenvalue weighted by Crippen LogP contribution is -2.32. The van der Waals surface area contributed by atoms with Gasteiger partial charge in [0.2, 0.25) is 0 Å². The van der Waals surface area contributed by atoms with Gasteiger partial charge in [-0.1, -0.05) is 17.7 Å². The van der Waals surface area contributed by atoms with Crippen molar-refractivity contribution in [3.05, 3.63) is 33.0 Å². The fourth-order valence-corrected chi connectivity index (χ4v) is 2.57. The van der Waals surface area contributed by atoms with Crippen molar-refractivity contribution < 1.29 is 14.3 Å². The van der Waals surface area contributed by atoms with Gasteiger partial charge in [0, 0.05) is 22.9 Å². The van der Waals surface area contributed by atoms with Gasteiger partial charge < -0.3 is 5.11 Å². The number of hydrogen-bond donors (Lipinski definition) is 1. The van der Waals surface area contributed by atoms with Gasteiger partial charge in [0.15, 0.2) is 0 Å². The summed E-state index contributed by atoms with van der Waals surface area (Å²) in [6.07, 6.45) is 1.06. The smallest absolute Gasteiger partial charge is 0.149 e. The molecule has 0 radical (unpaired) electrons. The molecule has 1 saturated carbocycles. The zero-order valence-electron chi connectivity index (χ0n) is 8.97. The molecule has 0 saturated heterocycles. The van der Waals surface area contributed by atoms with Gasteiger partial charge in [0.1, 0.15) is 11.6 Å². The minimum Gasteiger partial charge on any atom is -0.385 e. The average Bonchev–Trinajstić information content (AvgIpc) is 2.30. The Balaban J connectivity index is 2.40. The minimum absolute atomic E-state index is 0.0344. The van der Waals surface area contributed by atoms with E-state index in [1.807, 2.05) is 0 Å². The highest BCUT2D eigenvalue weighted by molar-refractivity contribution is 9.10. The molecule has 0 spiro atoms. The van der Waals surface area contributed by atoms with Crippen molar-refractivity contribution >= 4 is 33.3 Å². The third kappa shape index (κ3) is 2.39. The Labute approximate surface area is 112 Å². The summed E-state index contributed by atoms with van der Waals surface area (Å²) in [5.41, 5.74) is -1.10. The Morgan fingerprint density at radius 3 is 2.53 bits per heavy atom. The van der Waals surface area contributed by atoms with Crippen LogP contribution in [-0.2, 0) is 10.4 Å². The number of benzene rings is 1. The molecule has 1 aromatic rings. The van der Waals surface area contributed by atoms with Crippen LogP contribution in [0.15, 0.2) is 16.6 Å². The fraction of sp³-hybridized carbons (Fsp3) is 0.417. The van der Waals surface area contributed by atoms with Gasteiger partial charge in [-0.05, 0) is 34.8 Å². The van der Waals surface area contributed by atoms with E-state index in [0.717, 1.165) is 0 Å². The van der Waals surface area contributed by atoms with Crippen LogP contribution < -0.4 is 0 Å². The van der Waals surface area contributed by atoms with E-state index in [4.69, 9.17) is 11.6 Å². The number of carbonyl (C=O) groups excluding carboxylic acids is 1. The number of Topliss-reactive ketones (excluding diaryl/α,β-unsaturated/α-hetero) is 1. The predicted octanol–water partition coefficient (Wildman–Crippen LogP) is 3.57. The zero-order chi connectivity index (χ0) is 12.6. The summed E-state index contributed by atoms with van der Waals surface area (Å²) < 4.78 is 14.4. The van der Waals surface area contributed by atoms with Gasteiger partial charge in [0.25, 0.3) is 0 Å². The van der Waals surface area contributed by atoms with E-state index in [-0.39, 0.29) is 42.1 Å². The lowest BCUT2D eigenvalue weighted by Gasteiger charge is -2.32. The summed E-state index contributed by atoms with van der Waals surface area (Å²) in [6, 6.07) is 3.12. The van der Waals surface area contributed by atoms with E-state index >= 15 is 0 Å². The van der Waals surface area contributed by atoms with Gasteiger partial charge in [-0.3, -0.25) is 4.79 Å². The number of carbonyl (C=O) groups is 1. The van der Waals surface area contributed by atoms with Crippen molar-refractivity contribution in [2.24, 2.45) is 0 Å². The summed E-state index contributed by atoms with van der Waals surface area (Å²) in [4.78, 5) is 11.1. The second kappa shape index (κ2) is 4.67. The zero-order valence-corrected chi connectivity index (χ0v) is 11.3. The molecule has 1 aliphatic carbocycles. The number of hydrogen-bond acceptors (Lipinski definition) is 2. The molecule has 5 heteroatoms. The molecular formula is C12H11BrClFO2. The highest BCUT2D eigenvalue weighted by Crippen LogP contribution is 2.40. The summed E-state index contributed by atoms with van der Waals surface area (Å²) in [7, 11) is 0. The average molecular weight is 322 g/mol. The number of rotatable bonds is 1. The van der Waals surface area contributed by atoms with E-state index < -0.39 is 11.4 Å². The Bertz CT molecular complexity index is 466. The largest absolute Gasteiger partial charge is 0.385 e. The molecule has 1 aromatic carbocycles. The van der Waals surface area contributed by atoms with Crippen LogP contribution in [0.5, 0.6) is 0 Å². The second-order valence-electron chi connectivity index (χ2n) is 4.29. The van der Waals surface area contributed by atoms with Crippen LogP contribution in [-0.4, -0.2) is 10.9 Å². The maximum atomic E-state index is 14.0. The van der Waals surface area contributed by atoms with E-state index in [2.05, 4.69) is 15.9 Å². The van der Waals surface area contributed by atoms with Crippen LogP contribution in [0.2, 0.25) is 5.02 Å². The van der Waals surface area contributed by atoms with Gasteiger partial charge in [-0.25, -0.2) is 4.39 Å². The Morgan fingerprint density at radius 2 is 1.94 bits per heavy atom. The molecule has 2 nitrogen and oxygen atoms in total. The standard InChI is InChI=1S/C12H11BrClFO2/c13-9-2-1-8(11(15)10(9)14)12(17)5-3-7(16)4-6-12/h1-2,17H,3-6H2. The molecule has 0 aliphatic heterocycles. The summed E-state index contributed by atoms with van der Waals surface area (Å²) in [5.74, 6) is -0.504. The van der Waals surface area contributed by atoms with Crippen molar-refractivity contribution in [2.75, 3.05) is 0 Å². The van der Waals surface area contributed by atoms with Gasteiger partial charge in [0.05, 0.1) is 10.6 Å². The predicted molar refractivity (Wildman–Crippen MR) is 66.5 cm³/mol. The first-order chi connectivity index (χ1) is 7.94. The number of halogens is 3. The summed E-state index contributed by atoms with van der Waals surface area (Å²) >= 11 is 8.92. The summed E-state index contributed by atoms with van der Waals surface area (Å²) in [5, 5.41) is 10.4. The van der Waals surface area contributed by atoms with Gasteiger partial charge >= 0.3 is 0 Å². The molecule has 1 fully saturated rings. The molecule has 0 bridgehead atoms. The molecule has 0 amide bonds. The highest BCUT2D eigenvalue weighted by Gasteiger charge is 2.36. The summed E-state index contributed by atoms with van der Waals surface area (Å²) in [6.45, 7) is 0. The first-order valence-corrected chi connectivity index (χ1v) is 6.49. The van der Waals surface area contributed by atoms with Crippen LogP contribution in [0, 0.1) is 5.82 Å². The molecule has 17 heavy (non-hydrogen) atoms. The topological polar surface area (TPSA) is 37.3 Å². The van der Waals surface area contributed by atoms with Crippen molar-refractivity contribution in [1.29, 1.82) is 0 Å². The molecule has 1 N–H and O–H groups in total. The monoisotopic (exact) mass is 320 g/mol. The molecule has 0 heterocycles. The lowest BCUT2D eigenvalue weighted by molar-refractivity contribution is -0.125. The van der Waals surface area contributed by atoms with Crippen molar-refractivity contribution in [2.45, 2.75) is 31.3 Å². The molecular weight excluding hydrogens is 310 g/mol. The lowest BCUT2D eigenvalue weighted by atomic mass is 9.79. The highest BCUT2D eigenvalue weighted by atomic mass is 79.9. The third-order valence-corrected chi connectivity index (χ3v) is 4.43. The molecule has 0 aromatic heterocycles.